The Kier molecular flexibility index (Phi) is 6.24. The van der Waals surface area contributed by atoms with Gasteiger partial charge in [0.05, 0.1) is 33.7 Å². The number of pyridine rings is 1. The van der Waals surface area contributed by atoms with E-state index in [0.29, 0.717) is 6.42 Å². The average molecular weight is 568 g/mol. The Hall–Kier alpha value is -1.98. The molecular weight excluding hydrogens is 538 g/mol. The Balaban J connectivity index is 1.47. The fourth-order valence-electron chi connectivity index (χ4n) is 5.19. The lowest BCUT2D eigenvalue weighted by Crippen LogP contribution is -2.48. The first-order valence-electron chi connectivity index (χ1n) is 11.7. The minimum absolute atomic E-state index is 0.0933. The summed E-state index contributed by atoms with van der Waals surface area (Å²) < 4.78 is 45.7. The van der Waals surface area contributed by atoms with E-state index < -0.39 is 22.2 Å². The summed E-state index contributed by atoms with van der Waals surface area (Å²) in [5.74, 6) is 0.884. The number of halogens is 3. The highest BCUT2D eigenvalue weighted by molar-refractivity contribution is 9.10. The van der Waals surface area contributed by atoms with Gasteiger partial charge in [-0.15, -0.1) is 0 Å². The van der Waals surface area contributed by atoms with E-state index in [4.69, 9.17) is 4.98 Å². The summed E-state index contributed by atoms with van der Waals surface area (Å²) in [6, 6.07) is 3.20. The van der Waals surface area contributed by atoms with Crippen molar-refractivity contribution in [1.82, 2.24) is 24.3 Å². The van der Waals surface area contributed by atoms with Crippen molar-refractivity contribution in [3.05, 3.63) is 51.6 Å². The summed E-state index contributed by atoms with van der Waals surface area (Å²) in [4.78, 5) is 11.5. The maximum atomic E-state index is 13.5. The van der Waals surface area contributed by atoms with E-state index in [1.807, 2.05) is 38.3 Å². The maximum absolute atomic E-state index is 13.5. The first kappa shape index (κ1) is 24.7. The highest BCUT2D eigenvalue weighted by Crippen LogP contribution is 2.52. The summed E-state index contributed by atoms with van der Waals surface area (Å²) in [5.41, 5.74) is 3.01. The van der Waals surface area contributed by atoms with Gasteiger partial charge in [-0.2, -0.15) is 5.10 Å². The van der Waals surface area contributed by atoms with Crippen LogP contribution in [0.4, 0.5) is 14.6 Å². The molecule has 0 radical (unpaired) electrons. The Morgan fingerprint density at radius 1 is 1.29 bits per heavy atom. The van der Waals surface area contributed by atoms with Crippen molar-refractivity contribution in [2.45, 2.75) is 64.2 Å². The molecule has 1 aliphatic carbocycles. The van der Waals surface area contributed by atoms with Gasteiger partial charge in [0.2, 0.25) is 0 Å². The third-order valence-electron chi connectivity index (χ3n) is 7.19. The van der Waals surface area contributed by atoms with E-state index in [1.54, 1.807) is 12.3 Å². The molecule has 1 N–H and O–H groups in total. The average Bonchev–Trinajstić information content (AvgIpc) is 3.40. The van der Waals surface area contributed by atoms with E-state index >= 15 is 0 Å². The number of hydrogen-bond donors (Lipinski definition) is 1. The van der Waals surface area contributed by atoms with Gasteiger partial charge in [0.15, 0.2) is 5.82 Å². The third kappa shape index (κ3) is 4.29. The standard InChI is InChI=1S/C24H29BrF2N6OS/c1-14-20(25)33-18(5-8-29-33)22(30-14)32-9-6-24(7-10-32)12-17-16(11-15(13-28-17)21(26)27)19(24)31-35(34)23(2,3)4/h5,8,11,13,19,21,31H,6-7,9-10,12H2,1-4H3/t19-,35?/m1/s1. The topological polar surface area (TPSA) is 75.4 Å². The lowest BCUT2D eigenvalue weighted by Gasteiger charge is -2.44. The van der Waals surface area contributed by atoms with Crippen LogP contribution in [0, 0.1) is 12.3 Å². The van der Waals surface area contributed by atoms with Crippen molar-refractivity contribution in [1.29, 1.82) is 0 Å². The molecule has 1 aliphatic heterocycles. The SMILES string of the molecule is Cc1nc(N2CCC3(CC2)Cc2ncc(C(F)F)cc2[C@H]3NS(=O)C(C)(C)C)c2ccnn2c1Br. The first-order chi connectivity index (χ1) is 16.5. The molecule has 0 aromatic carbocycles. The van der Waals surface area contributed by atoms with Crippen molar-refractivity contribution in [3.63, 3.8) is 0 Å². The third-order valence-corrected chi connectivity index (χ3v) is 9.66. The molecule has 7 nitrogen and oxygen atoms in total. The van der Waals surface area contributed by atoms with Gasteiger partial charge in [0.25, 0.3) is 6.43 Å². The number of aryl methyl sites for hydroxylation is 1. The summed E-state index contributed by atoms with van der Waals surface area (Å²) in [6.45, 7) is 9.16. The van der Waals surface area contributed by atoms with Crippen molar-refractivity contribution >= 4 is 38.3 Å². The number of anilines is 1. The predicted molar refractivity (Wildman–Crippen MR) is 136 cm³/mol. The summed E-state index contributed by atoms with van der Waals surface area (Å²) in [6.07, 6.45) is 2.71. The highest BCUT2D eigenvalue weighted by atomic mass is 79.9. The lowest BCUT2D eigenvalue weighted by atomic mass is 9.73. The molecule has 1 fully saturated rings. The van der Waals surface area contributed by atoms with Crippen molar-refractivity contribution < 1.29 is 13.0 Å². The van der Waals surface area contributed by atoms with Crippen LogP contribution in [0.1, 0.15) is 68.6 Å². The van der Waals surface area contributed by atoms with Gasteiger partial charge < -0.3 is 4.90 Å². The first-order valence-corrected chi connectivity index (χ1v) is 13.6. The maximum Gasteiger partial charge on any atom is 0.265 e. The molecule has 3 aromatic rings. The van der Waals surface area contributed by atoms with Crippen LogP contribution < -0.4 is 9.62 Å². The molecule has 0 bridgehead atoms. The molecule has 5 rings (SSSR count). The van der Waals surface area contributed by atoms with E-state index in [9.17, 15) is 13.0 Å². The molecule has 1 unspecified atom stereocenters. The number of aromatic nitrogens is 4. The fourth-order valence-corrected chi connectivity index (χ4v) is 6.50. The van der Waals surface area contributed by atoms with Crippen LogP contribution in [-0.2, 0) is 17.4 Å². The predicted octanol–water partition coefficient (Wildman–Crippen LogP) is 5.07. The van der Waals surface area contributed by atoms with Gasteiger partial charge in [-0.1, -0.05) is 0 Å². The van der Waals surface area contributed by atoms with E-state index in [-0.39, 0.29) is 17.0 Å². The fraction of sp³-hybridized carbons (Fsp3) is 0.542. The monoisotopic (exact) mass is 566 g/mol. The molecule has 1 spiro atoms. The van der Waals surface area contributed by atoms with Gasteiger partial charge in [-0.25, -0.2) is 27.2 Å². The molecule has 2 aliphatic rings. The van der Waals surface area contributed by atoms with Crippen LogP contribution in [0.3, 0.4) is 0 Å². The molecule has 0 saturated carbocycles. The molecule has 3 aromatic heterocycles. The quantitative estimate of drug-likeness (QED) is 0.477. The van der Waals surface area contributed by atoms with Crippen molar-refractivity contribution in [2.24, 2.45) is 5.41 Å². The zero-order valence-electron chi connectivity index (χ0n) is 20.2. The van der Waals surface area contributed by atoms with Gasteiger partial charge in [-0.3, -0.25) is 4.98 Å². The molecule has 11 heteroatoms. The number of piperidine rings is 1. The molecule has 35 heavy (non-hydrogen) atoms. The molecule has 4 heterocycles. The Morgan fingerprint density at radius 3 is 2.66 bits per heavy atom. The van der Waals surface area contributed by atoms with E-state index in [2.05, 4.69) is 35.6 Å². The minimum atomic E-state index is -2.59. The van der Waals surface area contributed by atoms with Crippen LogP contribution in [0.2, 0.25) is 0 Å². The molecule has 188 valence electrons. The van der Waals surface area contributed by atoms with Gasteiger partial charge in [0, 0.05) is 30.5 Å². The second kappa shape index (κ2) is 8.85. The number of hydrogen-bond acceptors (Lipinski definition) is 5. The summed E-state index contributed by atoms with van der Waals surface area (Å²) in [5, 5.41) is 4.41. The van der Waals surface area contributed by atoms with Crippen LogP contribution in [0.15, 0.2) is 29.1 Å². The van der Waals surface area contributed by atoms with E-state index in [1.165, 1.54) is 6.20 Å². The van der Waals surface area contributed by atoms with Crippen molar-refractivity contribution in [2.75, 3.05) is 18.0 Å². The van der Waals surface area contributed by atoms with Crippen LogP contribution in [-0.4, -0.2) is 41.6 Å². The number of fused-ring (bicyclic) bond motifs is 2. The molecule has 0 amide bonds. The van der Waals surface area contributed by atoms with Crippen LogP contribution in [0.5, 0.6) is 0 Å². The molecule has 2 atom stereocenters. The Bertz CT molecular complexity index is 1300. The normalized spacial score (nSPS) is 20.7. The van der Waals surface area contributed by atoms with Gasteiger partial charge in [-0.05, 0) is 86.0 Å². The second-order valence-electron chi connectivity index (χ2n) is 10.5. The second-order valence-corrected chi connectivity index (χ2v) is 13.3. The highest BCUT2D eigenvalue weighted by Gasteiger charge is 2.50. The van der Waals surface area contributed by atoms with E-state index in [0.717, 1.165) is 58.8 Å². The lowest BCUT2D eigenvalue weighted by molar-refractivity contribution is 0.150. The smallest absolute Gasteiger partial charge is 0.265 e. The number of nitrogens with zero attached hydrogens (tertiary/aromatic N) is 5. The number of nitrogens with one attached hydrogen (secondary N) is 1. The van der Waals surface area contributed by atoms with Crippen LogP contribution >= 0.6 is 15.9 Å². The zero-order valence-corrected chi connectivity index (χ0v) is 22.6. The molecule has 1 saturated heterocycles. The molecular formula is C24H29BrF2N6OS. The summed E-state index contributed by atoms with van der Waals surface area (Å²) >= 11 is 3.57. The Morgan fingerprint density at radius 2 is 2.00 bits per heavy atom. The Labute approximate surface area is 214 Å². The number of alkyl halides is 2. The van der Waals surface area contributed by atoms with Gasteiger partial charge >= 0.3 is 0 Å². The number of rotatable bonds is 4. The summed E-state index contributed by atoms with van der Waals surface area (Å²) in [7, 11) is -1.35. The minimum Gasteiger partial charge on any atom is -0.355 e. The largest absolute Gasteiger partial charge is 0.355 e. The van der Waals surface area contributed by atoms with Gasteiger partial charge in [0.1, 0.15) is 10.1 Å². The van der Waals surface area contributed by atoms with Crippen LogP contribution in [0.25, 0.3) is 5.52 Å². The van der Waals surface area contributed by atoms with Crippen molar-refractivity contribution in [3.8, 4) is 0 Å². The zero-order chi connectivity index (χ0) is 25.1.